The van der Waals surface area contributed by atoms with Gasteiger partial charge >= 0.3 is 6.09 Å². The van der Waals surface area contributed by atoms with Gasteiger partial charge in [-0.3, -0.25) is 5.32 Å². The second kappa shape index (κ2) is 5.26. The average molecular weight is 298 g/mol. The van der Waals surface area contributed by atoms with Crippen molar-refractivity contribution >= 4 is 11.8 Å². The topological polar surface area (TPSA) is 64.3 Å². The highest BCUT2D eigenvalue weighted by molar-refractivity contribution is 5.85. The zero-order valence-corrected chi connectivity index (χ0v) is 12.4. The van der Waals surface area contributed by atoms with Gasteiger partial charge in [-0.15, -0.1) is 0 Å². The first-order valence-electron chi connectivity index (χ1n) is 6.86. The summed E-state index contributed by atoms with van der Waals surface area (Å²) in [6.45, 7) is 5.43. The third kappa shape index (κ3) is 3.50. The van der Waals surface area contributed by atoms with Crippen LogP contribution in [-0.4, -0.2) is 18.2 Å². The van der Waals surface area contributed by atoms with Crippen molar-refractivity contribution in [1.82, 2.24) is 0 Å². The number of carbonyl (C=O) groups is 1. The van der Waals surface area contributed by atoms with Crippen LogP contribution in [0.1, 0.15) is 39.2 Å². The first kappa shape index (κ1) is 15.7. The van der Waals surface area contributed by atoms with Crippen LogP contribution < -0.4 is 11.1 Å². The van der Waals surface area contributed by atoms with Gasteiger partial charge in [0.15, 0.2) is 11.6 Å². The molecular weight excluding hydrogens is 278 g/mol. The van der Waals surface area contributed by atoms with Gasteiger partial charge in [0.25, 0.3) is 0 Å². The van der Waals surface area contributed by atoms with E-state index in [1.807, 2.05) is 0 Å². The van der Waals surface area contributed by atoms with E-state index in [4.69, 9.17) is 10.5 Å². The molecule has 4 nitrogen and oxygen atoms in total. The van der Waals surface area contributed by atoms with Gasteiger partial charge in [0, 0.05) is 12.0 Å². The Morgan fingerprint density at radius 3 is 2.48 bits per heavy atom. The van der Waals surface area contributed by atoms with Crippen LogP contribution in [0.5, 0.6) is 0 Å². The van der Waals surface area contributed by atoms with Crippen molar-refractivity contribution < 1.29 is 18.3 Å². The zero-order chi connectivity index (χ0) is 15.8. The van der Waals surface area contributed by atoms with Gasteiger partial charge in [-0.2, -0.15) is 0 Å². The normalized spacial score (nSPS) is 16.5. The van der Waals surface area contributed by atoms with E-state index in [9.17, 15) is 13.6 Å². The molecule has 0 radical (unpaired) electrons. The lowest BCUT2D eigenvalue weighted by atomic mass is 9.95. The Bertz CT molecular complexity index is 564. The predicted octanol–water partition coefficient (Wildman–Crippen LogP) is 3.30. The van der Waals surface area contributed by atoms with E-state index in [-0.39, 0.29) is 11.1 Å². The van der Waals surface area contributed by atoms with Crippen molar-refractivity contribution in [3.05, 3.63) is 29.3 Å². The molecular formula is C15H20F2N2O2. The molecule has 1 aromatic carbocycles. The molecule has 0 saturated heterocycles. The van der Waals surface area contributed by atoms with Gasteiger partial charge in [-0.05, 0) is 51.3 Å². The molecule has 0 aliphatic heterocycles. The molecule has 6 heteroatoms. The SMILES string of the molecule is CC(C)(C)OC(=O)Nc1cc(C2(CN)CC2)cc(F)c1F. The fraction of sp³-hybridized carbons (Fsp3) is 0.533. The first-order chi connectivity index (χ1) is 9.67. The Kier molecular flexibility index (Phi) is 3.93. The Morgan fingerprint density at radius 1 is 1.38 bits per heavy atom. The molecule has 0 heterocycles. The second-order valence-electron chi connectivity index (χ2n) is 6.43. The van der Waals surface area contributed by atoms with Crippen LogP contribution in [0.3, 0.4) is 0 Å². The minimum Gasteiger partial charge on any atom is -0.444 e. The highest BCUT2D eigenvalue weighted by atomic mass is 19.2. The summed E-state index contributed by atoms with van der Waals surface area (Å²) in [5, 5.41) is 2.25. The summed E-state index contributed by atoms with van der Waals surface area (Å²) in [5.74, 6) is -2.10. The largest absolute Gasteiger partial charge is 0.444 e. The lowest BCUT2D eigenvalue weighted by Gasteiger charge is -2.20. The van der Waals surface area contributed by atoms with Crippen molar-refractivity contribution in [3.8, 4) is 0 Å². The molecule has 1 aliphatic carbocycles. The summed E-state index contributed by atoms with van der Waals surface area (Å²) in [6, 6.07) is 2.58. The average Bonchev–Trinajstić information content (AvgIpc) is 3.13. The molecule has 1 aliphatic rings. The van der Waals surface area contributed by atoms with Gasteiger partial charge < -0.3 is 10.5 Å². The third-order valence-corrected chi connectivity index (χ3v) is 3.52. The van der Waals surface area contributed by atoms with Crippen molar-refractivity contribution in [2.45, 2.75) is 44.6 Å². The van der Waals surface area contributed by atoms with Crippen LogP contribution in [0.25, 0.3) is 0 Å². The third-order valence-electron chi connectivity index (χ3n) is 3.52. The standard InChI is InChI=1S/C15H20F2N2O2/c1-14(2,3)21-13(20)19-11-7-9(6-10(16)12(11)17)15(8-18)4-5-15/h6-7H,4-5,8,18H2,1-3H3,(H,19,20). The maximum atomic E-state index is 13.8. The molecule has 0 spiro atoms. The van der Waals surface area contributed by atoms with Gasteiger partial charge in [0.05, 0.1) is 5.69 Å². The molecule has 0 aromatic heterocycles. The number of amides is 1. The molecule has 2 rings (SSSR count). The fourth-order valence-corrected chi connectivity index (χ4v) is 2.16. The minimum absolute atomic E-state index is 0.223. The summed E-state index contributed by atoms with van der Waals surface area (Å²) in [6.07, 6.45) is 0.844. The van der Waals surface area contributed by atoms with Crippen molar-refractivity contribution in [2.75, 3.05) is 11.9 Å². The maximum Gasteiger partial charge on any atom is 0.412 e. The summed E-state index contributed by atoms with van der Waals surface area (Å²) in [4.78, 5) is 11.7. The predicted molar refractivity (Wildman–Crippen MR) is 76.2 cm³/mol. The number of nitrogens with two attached hydrogens (primary N) is 1. The summed E-state index contributed by atoms with van der Waals surface area (Å²) >= 11 is 0. The lowest BCUT2D eigenvalue weighted by molar-refractivity contribution is 0.0635. The van der Waals surface area contributed by atoms with E-state index in [1.165, 1.54) is 6.07 Å². The summed E-state index contributed by atoms with van der Waals surface area (Å²) < 4.78 is 32.6. The summed E-state index contributed by atoms with van der Waals surface area (Å²) in [7, 11) is 0. The highest BCUT2D eigenvalue weighted by Gasteiger charge is 2.43. The van der Waals surface area contributed by atoms with Crippen molar-refractivity contribution in [1.29, 1.82) is 0 Å². The van der Waals surface area contributed by atoms with Crippen molar-refractivity contribution in [3.63, 3.8) is 0 Å². The van der Waals surface area contributed by atoms with Crippen LogP contribution in [-0.2, 0) is 10.2 Å². The van der Waals surface area contributed by atoms with E-state index in [2.05, 4.69) is 5.32 Å². The van der Waals surface area contributed by atoms with Crippen LogP contribution in [0, 0.1) is 11.6 Å². The van der Waals surface area contributed by atoms with Crippen LogP contribution in [0.4, 0.5) is 19.3 Å². The Labute approximate surface area is 122 Å². The number of anilines is 1. The molecule has 0 unspecified atom stereocenters. The number of benzene rings is 1. The highest BCUT2D eigenvalue weighted by Crippen LogP contribution is 2.48. The van der Waals surface area contributed by atoms with E-state index in [0.29, 0.717) is 12.1 Å². The van der Waals surface area contributed by atoms with E-state index in [1.54, 1.807) is 20.8 Å². The van der Waals surface area contributed by atoms with Crippen LogP contribution >= 0.6 is 0 Å². The van der Waals surface area contributed by atoms with Crippen LogP contribution in [0.2, 0.25) is 0 Å². The number of nitrogens with one attached hydrogen (secondary N) is 1. The van der Waals surface area contributed by atoms with Gasteiger partial charge in [-0.1, -0.05) is 0 Å². The molecule has 116 valence electrons. The quantitative estimate of drug-likeness (QED) is 0.900. The molecule has 1 aromatic rings. The Balaban J connectivity index is 2.25. The first-order valence-corrected chi connectivity index (χ1v) is 6.86. The lowest BCUT2D eigenvalue weighted by Crippen LogP contribution is -2.28. The monoisotopic (exact) mass is 298 g/mol. The number of carbonyl (C=O) groups excluding carboxylic acids is 1. The molecule has 3 N–H and O–H groups in total. The number of rotatable bonds is 3. The van der Waals surface area contributed by atoms with Gasteiger partial charge in [0.2, 0.25) is 0 Å². The number of hydrogen-bond donors (Lipinski definition) is 2. The Morgan fingerprint density at radius 2 is 2.00 bits per heavy atom. The Hall–Kier alpha value is -1.69. The van der Waals surface area contributed by atoms with Crippen LogP contribution in [0.15, 0.2) is 12.1 Å². The summed E-state index contributed by atoms with van der Waals surface area (Å²) in [5.41, 5.74) is 5.07. The number of hydrogen-bond acceptors (Lipinski definition) is 3. The molecule has 21 heavy (non-hydrogen) atoms. The van der Waals surface area contributed by atoms with Crippen molar-refractivity contribution in [2.24, 2.45) is 5.73 Å². The zero-order valence-electron chi connectivity index (χ0n) is 12.4. The fourth-order valence-electron chi connectivity index (χ4n) is 2.16. The van der Waals surface area contributed by atoms with E-state index >= 15 is 0 Å². The molecule has 1 fully saturated rings. The maximum absolute atomic E-state index is 13.8. The molecule has 1 amide bonds. The minimum atomic E-state index is -1.10. The van der Waals surface area contributed by atoms with E-state index in [0.717, 1.165) is 18.9 Å². The van der Waals surface area contributed by atoms with Gasteiger partial charge in [0.1, 0.15) is 5.60 Å². The molecule has 1 saturated carbocycles. The molecule has 0 bridgehead atoms. The molecule has 0 atom stereocenters. The smallest absolute Gasteiger partial charge is 0.412 e. The number of halogens is 2. The second-order valence-corrected chi connectivity index (χ2v) is 6.43. The van der Waals surface area contributed by atoms with E-state index < -0.39 is 23.3 Å². The van der Waals surface area contributed by atoms with Gasteiger partial charge in [-0.25, -0.2) is 13.6 Å². The number of ether oxygens (including phenoxy) is 1.